The van der Waals surface area contributed by atoms with E-state index in [1.165, 1.54) is 55.2 Å². The second kappa shape index (κ2) is 18.0. The Morgan fingerprint density at radius 1 is 0.491 bits per heavy atom. The van der Waals surface area contributed by atoms with Crippen LogP contribution in [0.4, 0.5) is 0 Å². The SMILES string of the molecule is CN(C)Cc1cc(CCC(C)(c2cc(CN(C)C)c(O)c(C3CCCCC3)c2)c2cc(CN(C)C)c(O)c(C3CCCCC3)c2)cc(CN(C)C)c1O. The molecule has 0 heterocycles. The Morgan fingerprint density at radius 3 is 1.17 bits per heavy atom. The van der Waals surface area contributed by atoms with Gasteiger partial charge in [0.15, 0.2) is 0 Å². The maximum atomic E-state index is 11.9. The van der Waals surface area contributed by atoms with Gasteiger partial charge in [-0.2, -0.15) is 0 Å². The Labute approximate surface area is 321 Å². The summed E-state index contributed by atoms with van der Waals surface area (Å²) in [5, 5.41) is 35.1. The first-order valence-electron chi connectivity index (χ1n) is 20.3. The molecule has 0 unspecified atom stereocenters. The van der Waals surface area contributed by atoms with E-state index in [4.69, 9.17) is 0 Å². The Kier molecular flexibility index (Phi) is 14.0. The summed E-state index contributed by atoms with van der Waals surface area (Å²) in [5.74, 6) is 2.05. The molecule has 53 heavy (non-hydrogen) atoms. The summed E-state index contributed by atoms with van der Waals surface area (Å²) in [7, 11) is 16.5. The van der Waals surface area contributed by atoms with Crippen LogP contribution in [0.15, 0.2) is 36.4 Å². The molecule has 0 aromatic heterocycles. The van der Waals surface area contributed by atoms with E-state index in [0.29, 0.717) is 55.3 Å². The molecule has 2 aliphatic rings. The normalized spacial score (nSPS) is 16.5. The summed E-state index contributed by atoms with van der Waals surface area (Å²) in [6, 6.07) is 13.7. The van der Waals surface area contributed by atoms with E-state index in [0.717, 1.165) is 71.9 Å². The number of phenolic OH excluding ortho intramolecular Hbond substituents is 3. The average molecular weight is 727 g/mol. The zero-order valence-electron chi connectivity index (χ0n) is 34.6. The van der Waals surface area contributed by atoms with Crippen LogP contribution in [0.1, 0.15) is 139 Å². The molecule has 0 aliphatic heterocycles. The lowest BCUT2D eigenvalue weighted by Gasteiger charge is -2.36. The summed E-state index contributed by atoms with van der Waals surface area (Å²) >= 11 is 0. The van der Waals surface area contributed by atoms with Crippen molar-refractivity contribution in [2.75, 3.05) is 56.4 Å². The molecule has 0 radical (unpaired) electrons. The van der Waals surface area contributed by atoms with Crippen LogP contribution in [0.3, 0.4) is 0 Å². The van der Waals surface area contributed by atoms with Crippen molar-refractivity contribution < 1.29 is 15.3 Å². The fourth-order valence-electron chi connectivity index (χ4n) is 9.20. The van der Waals surface area contributed by atoms with Gasteiger partial charge in [-0.1, -0.05) is 69.7 Å². The number of aromatic hydroxyl groups is 3. The topological polar surface area (TPSA) is 73.7 Å². The van der Waals surface area contributed by atoms with E-state index in [9.17, 15) is 15.3 Å². The van der Waals surface area contributed by atoms with E-state index in [1.54, 1.807) is 0 Å². The predicted molar refractivity (Wildman–Crippen MR) is 220 cm³/mol. The molecule has 0 saturated heterocycles. The van der Waals surface area contributed by atoms with E-state index >= 15 is 0 Å². The molecular formula is C46H70N4O3. The quantitative estimate of drug-likeness (QED) is 0.144. The molecule has 292 valence electrons. The van der Waals surface area contributed by atoms with Gasteiger partial charge in [-0.3, -0.25) is 0 Å². The van der Waals surface area contributed by atoms with Gasteiger partial charge in [-0.25, -0.2) is 0 Å². The van der Waals surface area contributed by atoms with Crippen molar-refractivity contribution in [1.82, 2.24) is 19.6 Å². The van der Waals surface area contributed by atoms with Gasteiger partial charge in [-0.05, 0) is 147 Å². The average Bonchev–Trinajstić information content (AvgIpc) is 3.10. The van der Waals surface area contributed by atoms with Crippen molar-refractivity contribution in [3.05, 3.63) is 86.5 Å². The number of phenols is 3. The summed E-state index contributed by atoms with van der Waals surface area (Å²) in [6.45, 7) is 5.09. The summed E-state index contributed by atoms with van der Waals surface area (Å²) in [4.78, 5) is 8.56. The van der Waals surface area contributed by atoms with Gasteiger partial charge in [0.1, 0.15) is 17.2 Å². The van der Waals surface area contributed by atoms with E-state index < -0.39 is 5.41 Å². The first-order chi connectivity index (χ1) is 25.2. The Morgan fingerprint density at radius 2 is 0.830 bits per heavy atom. The monoisotopic (exact) mass is 727 g/mol. The van der Waals surface area contributed by atoms with Crippen LogP contribution in [0, 0.1) is 0 Å². The number of nitrogens with zero attached hydrogens (tertiary/aromatic N) is 4. The maximum Gasteiger partial charge on any atom is 0.124 e. The molecule has 0 bridgehead atoms. The van der Waals surface area contributed by atoms with E-state index in [2.05, 4.69) is 119 Å². The number of hydrogen-bond acceptors (Lipinski definition) is 7. The highest BCUT2D eigenvalue weighted by molar-refractivity contribution is 5.55. The third-order valence-electron chi connectivity index (χ3n) is 12.0. The summed E-state index contributed by atoms with van der Waals surface area (Å²) in [5.41, 5.74) is 9.40. The summed E-state index contributed by atoms with van der Waals surface area (Å²) < 4.78 is 0. The van der Waals surface area contributed by atoms with Gasteiger partial charge in [0.2, 0.25) is 0 Å². The van der Waals surface area contributed by atoms with Gasteiger partial charge in [0.25, 0.3) is 0 Å². The molecule has 0 atom stereocenters. The minimum absolute atomic E-state index is 0.357. The lowest BCUT2D eigenvalue weighted by atomic mass is 9.69. The van der Waals surface area contributed by atoms with Gasteiger partial charge < -0.3 is 34.9 Å². The molecule has 2 fully saturated rings. The Bertz CT molecular complexity index is 1560. The molecule has 7 nitrogen and oxygen atoms in total. The fourth-order valence-corrected chi connectivity index (χ4v) is 9.20. The third kappa shape index (κ3) is 10.2. The predicted octanol–water partition coefficient (Wildman–Crippen LogP) is 9.08. The van der Waals surface area contributed by atoms with Gasteiger partial charge in [0.05, 0.1) is 0 Å². The van der Waals surface area contributed by atoms with Crippen molar-refractivity contribution in [1.29, 1.82) is 0 Å². The van der Waals surface area contributed by atoms with Crippen LogP contribution >= 0.6 is 0 Å². The van der Waals surface area contributed by atoms with Crippen LogP contribution in [-0.2, 0) is 38.0 Å². The number of rotatable bonds is 15. The first-order valence-corrected chi connectivity index (χ1v) is 20.3. The number of hydrogen-bond donors (Lipinski definition) is 3. The highest BCUT2D eigenvalue weighted by Gasteiger charge is 2.35. The second-order valence-corrected chi connectivity index (χ2v) is 17.9. The minimum Gasteiger partial charge on any atom is -0.507 e. The molecule has 0 amide bonds. The highest BCUT2D eigenvalue weighted by Crippen LogP contribution is 2.48. The molecule has 5 rings (SSSR count). The molecule has 3 N–H and O–H groups in total. The van der Waals surface area contributed by atoms with Crippen LogP contribution in [0.5, 0.6) is 17.2 Å². The first kappa shape index (κ1) is 41.1. The zero-order chi connectivity index (χ0) is 38.4. The standard InChI is InChI=1S/C46H70N4O3/c1-46(21-20-32-22-35(28-47(2)3)43(51)36(23-32)29-48(4)5,39-24-37(30-49(6)7)44(52)41(26-39)33-16-12-10-13-17-33)40-25-38(31-50(8)9)45(53)42(27-40)34-18-14-11-15-19-34/h22-27,33-34,51-53H,10-21,28-31H2,1-9H3. The highest BCUT2D eigenvalue weighted by atomic mass is 16.3. The van der Waals surface area contributed by atoms with Gasteiger partial charge >= 0.3 is 0 Å². The van der Waals surface area contributed by atoms with Crippen molar-refractivity contribution in [2.24, 2.45) is 0 Å². The number of aryl methyl sites for hydroxylation is 1. The molecule has 7 heteroatoms. The molecule has 2 saturated carbocycles. The van der Waals surface area contributed by atoms with E-state index in [1.807, 2.05) is 0 Å². The third-order valence-corrected chi connectivity index (χ3v) is 12.0. The Hall–Kier alpha value is -3.10. The van der Waals surface area contributed by atoms with Crippen LogP contribution < -0.4 is 0 Å². The van der Waals surface area contributed by atoms with Crippen LogP contribution in [0.25, 0.3) is 0 Å². The molecule has 3 aromatic rings. The number of benzene rings is 3. The maximum absolute atomic E-state index is 11.9. The van der Waals surface area contributed by atoms with Crippen LogP contribution in [-0.4, -0.2) is 91.3 Å². The van der Waals surface area contributed by atoms with Crippen LogP contribution in [0.2, 0.25) is 0 Å². The lowest BCUT2D eigenvalue weighted by molar-refractivity contribution is 0.367. The zero-order valence-corrected chi connectivity index (χ0v) is 34.6. The Balaban J connectivity index is 1.72. The smallest absolute Gasteiger partial charge is 0.124 e. The largest absolute Gasteiger partial charge is 0.507 e. The van der Waals surface area contributed by atoms with Gasteiger partial charge in [0, 0.05) is 53.8 Å². The van der Waals surface area contributed by atoms with Crippen molar-refractivity contribution in [2.45, 2.75) is 127 Å². The molecule has 3 aromatic carbocycles. The summed E-state index contributed by atoms with van der Waals surface area (Å²) in [6.07, 6.45) is 13.5. The fraction of sp³-hybridized carbons (Fsp3) is 0.609. The van der Waals surface area contributed by atoms with E-state index in [-0.39, 0.29) is 0 Å². The molecule has 0 spiro atoms. The lowest BCUT2D eigenvalue weighted by Crippen LogP contribution is -2.27. The van der Waals surface area contributed by atoms with Gasteiger partial charge in [-0.15, -0.1) is 0 Å². The minimum atomic E-state index is -0.419. The molecular weight excluding hydrogens is 657 g/mol. The van der Waals surface area contributed by atoms with Crippen molar-refractivity contribution in [3.63, 3.8) is 0 Å². The molecule has 2 aliphatic carbocycles. The van der Waals surface area contributed by atoms with Crippen molar-refractivity contribution >= 4 is 0 Å². The second-order valence-electron chi connectivity index (χ2n) is 17.9. The van der Waals surface area contributed by atoms with Crippen molar-refractivity contribution in [3.8, 4) is 17.2 Å².